The van der Waals surface area contributed by atoms with Crippen molar-refractivity contribution in [2.75, 3.05) is 7.11 Å². The minimum absolute atomic E-state index is 0.108. The van der Waals surface area contributed by atoms with E-state index in [4.69, 9.17) is 9.84 Å². The quantitative estimate of drug-likeness (QED) is 0.786. The first-order valence-electron chi connectivity index (χ1n) is 4.27. The Morgan fingerprint density at radius 1 is 1.47 bits per heavy atom. The van der Waals surface area contributed by atoms with E-state index in [0.717, 1.165) is 0 Å². The van der Waals surface area contributed by atoms with Crippen molar-refractivity contribution < 1.29 is 14.6 Å². The third kappa shape index (κ3) is 1.30. The SMILES string of the molecule is COc1ccc(C(=O)O)c2nnc(C)n12. The van der Waals surface area contributed by atoms with E-state index in [1.165, 1.54) is 13.2 Å². The number of nitrogens with zero attached hydrogens (tertiary/aromatic N) is 3. The molecule has 2 rings (SSSR count). The molecule has 0 bridgehead atoms. The van der Waals surface area contributed by atoms with Crippen LogP contribution in [0.3, 0.4) is 0 Å². The minimum atomic E-state index is -1.03. The zero-order valence-electron chi connectivity index (χ0n) is 8.26. The Morgan fingerprint density at radius 2 is 2.20 bits per heavy atom. The van der Waals surface area contributed by atoms with Crippen molar-refractivity contribution in [3.05, 3.63) is 23.5 Å². The summed E-state index contributed by atoms with van der Waals surface area (Å²) in [5, 5.41) is 16.6. The molecule has 6 nitrogen and oxygen atoms in total. The third-order valence-electron chi connectivity index (χ3n) is 2.12. The molecule has 0 unspecified atom stereocenters. The van der Waals surface area contributed by atoms with Gasteiger partial charge in [-0.1, -0.05) is 0 Å². The maximum absolute atomic E-state index is 10.9. The van der Waals surface area contributed by atoms with Gasteiger partial charge in [0.1, 0.15) is 11.4 Å². The molecular weight excluding hydrogens is 198 g/mol. The van der Waals surface area contributed by atoms with E-state index in [0.29, 0.717) is 17.4 Å². The predicted molar refractivity (Wildman–Crippen MR) is 51.2 cm³/mol. The number of rotatable bonds is 2. The number of ether oxygens (including phenoxy) is 1. The van der Waals surface area contributed by atoms with Crippen molar-refractivity contribution >= 4 is 11.6 Å². The summed E-state index contributed by atoms with van der Waals surface area (Å²) in [5.74, 6) is 0.0671. The molecule has 0 aliphatic rings. The average molecular weight is 207 g/mol. The minimum Gasteiger partial charge on any atom is -0.482 e. The molecule has 0 saturated carbocycles. The van der Waals surface area contributed by atoms with Crippen LogP contribution in [0.5, 0.6) is 5.88 Å². The van der Waals surface area contributed by atoms with Crippen molar-refractivity contribution in [1.29, 1.82) is 0 Å². The van der Waals surface area contributed by atoms with Crippen LogP contribution in [-0.2, 0) is 0 Å². The molecule has 0 aliphatic carbocycles. The summed E-state index contributed by atoms with van der Waals surface area (Å²) in [6.07, 6.45) is 0. The Labute approximate surface area is 85.1 Å². The lowest BCUT2D eigenvalue weighted by atomic mass is 10.2. The molecule has 15 heavy (non-hydrogen) atoms. The van der Waals surface area contributed by atoms with Crippen molar-refractivity contribution in [2.24, 2.45) is 0 Å². The van der Waals surface area contributed by atoms with E-state index in [-0.39, 0.29) is 5.56 Å². The van der Waals surface area contributed by atoms with Crippen molar-refractivity contribution in [2.45, 2.75) is 6.92 Å². The van der Waals surface area contributed by atoms with Gasteiger partial charge in [0.25, 0.3) is 0 Å². The number of aromatic carboxylic acids is 1. The highest BCUT2D eigenvalue weighted by Crippen LogP contribution is 2.18. The predicted octanol–water partition coefficient (Wildman–Crippen LogP) is 0.745. The van der Waals surface area contributed by atoms with Gasteiger partial charge in [-0.05, 0) is 19.1 Å². The Kier molecular flexibility index (Phi) is 2.03. The summed E-state index contributed by atoms with van der Waals surface area (Å²) in [7, 11) is 1.51. The van der Waals surface area contributed by atoms with Crippen molar-refractivity contribution in [3.63, 3.8) is 0 Å². The average Bonchev–Trinajstić information content (AvgIpc) is 2.60. The van der Waals surface area contributed by atoms with Crippen molar-refractivity contribution in [3.8, 4) is 5.88 Å². The zero-order valence-corrected chi connectivity index (χ0v) is 8.26. The number of hydrogen-bond donors (Lipinski definition) is 1. The summed E-state index contributed by atoms with van der Waals surface area (Å²) in [4.78, 5) is 10.9. The summed E-state index contributed by atoms with van der Waals surface area (Å²) in [5.41, 5.74) is 0.399. The molecule has 6 heteroatoms. The van der Waals surface area contributed by atoms with Gasteiger partial charge < -0.3 is 9.84 Å². The van der Waals surface area contributed by atoms with Gasteiger partial charge in [0.2, 0.25) is 5.88 Å². The lowest BCUT2D eigenvalue weighted by Gasteiger charge is -2.05. The molecule has 0 saturated heterocycles. The molecule has 78 valence electrons. The summed E-state index contributed by atoms with van der Waals surface area (Å²) in [6.45, 7) is 1.73. The molecule has 2 aromatic heterocycles. The van der Waals surface area contributed by atoms with E-state index in [9.17, 15) is 4.79 Å². The van der Waals surface area contributed by atoms with E-state index in [1.807, 2.05) is 0 Å². The molecule has 0 aliphatic heterocycles. The molecule has 0 fully saturated rings. The second kappa shape index (κ2) is 3.23. The van der Waals surface area contributed by atoms with Crippen LogP contribution in [0.25, 0.3) is 5.65 Å². The fourth-order valence-electron chi connectivity index (χ4n) is 1.43. The molecule has 0 amide bonds. The lowest BCUT2D eigenvalue weighted by Crippen LogP contribution is -2.03. The highest BCUT2D eigenvalue weighted by atomic mass is 16.5. The molecule has 0 spiro atoms. The number of carboxylic acids is 1. The standard InChI is InChI=1S/C9H9N3O3/c1-5-10-11-8-6(9(13)14)3-4-7(15-2)12(5)8/h3-4H,1-2H3,(H,13,14). The number of aryl methyl sites for hydroxylation is 1. The van der Waals surface area contributed by atoms with Gasteiger partial charge in [-0.2, -0.15) is 0 Å². The molecule has 0 radical (unpaired) electrons. The van der Waals surface area contributed by atoms with Gasteiger partial charge >= 0.3 is 5.97 Å². The smallest absolute Gasteiger partial charge is 0.339 e. The fraction of sp³-hybridized carbons (Fsp3) is 0.222. The van der Waals surface area contributed by atoms with Crippen LogP contribution in [-0.4, -0.2) is 32.8 Å². The number of methoxy groups -OCH3 is 1. The Bertz CT molecular complexity index is 533. The van der Waals surface area contributed by atoms with E-state index in [1.54, 1.807) is 17.4 Å². The monoisotopic (exact) mass is 207 g/mol. The second-order valence-electron chi connectivity index (χ2n) is 3.00. The number of carboxylic acid groups (broad SMARTS) is 1. The van der Waals surface area contributed by atoms with E-state index < -0.39 is 5.97 Å². The van der Waals surface area contributed by atoms with Crippen LogP contribution in [0.2, 0.25) is 0 Å². The summed E-state index contributed by atoms with van der Waals surface area (Å²) in [6, 6.07) is 3.03. The third-order valence-corrected chi connectivity index (χ3v) is 2.12. The first kappa shape index (κ1) is 9.45. The van der Waals surface area contributed by atoms with Crippen LogP contribution in [0.15, 0.2) is 12.1 Å². The number of fused-ring (bicyclic) bond motifs is 1. The van der Waals surface area contributed by atoms with E-state index in [2.05, 4.69) is 10.2 Å². The maximum Gasteiger partial charge on any atom is 0.339 e. The highest BCUT2D eigenvalue weighted by molar-refractivity contribution is 5.94. The number of hydrogen-bond acceptors (Lipinski definition) is 4. The normalized spacial score (nSPS) is 10.5. The topological polar surface area (TPSA) is 76.7 Å². The zero-order chi connectivity index (χ0) is 11.0. The molecule has 1 N–H and O–H groups in total. The molecule has 2 heterocycles. The van der Waals surface area contributed by atoms with Gasteiger partial charge in [0, 0.05) is 0 Å². The highest BCUT2D eigenvalue weighted by Gasteiger charge is 2.15. The van der Waals surface area contributed by atoms with Gasteiger partial charge in [0.05, 0.1) is 7.11 Å². The Hall–Kier alpha value is -2.11. The number of pyridine rings is 1. The maximum atomic E-state index is 10.9. The van der Waals surface area contributed by atoms with Crippen LogP contribution in [0, 0.1) is 6.92 Å². The van der Waals surface area contributed by atoms with Crippen LogP contribution < -0.4 is 4.74 Å². The van der Waals surface area contributed by atoms with Gasteiger partial charge in [-0.25, -0.2) is 9.20 Å². The first-order chi connectivity index (χ1) is 7.15. The molecule has 0 atom stereocenters. The van der Waals surface area contributed by atoms with Gasteiger partial charge in [0.15, 0.2) is 5.65 Å². The lowest BCUT2D eigenvalue weighted by molar-refractivity contribution is 0.0698. The van der Waals surface area contributed by atoms with Crippen LogP contribution in [0.1, 0.15) is 16.2 Å². The second-order valence-corrected chi connectivity index (χ2v) is 3.00. The van der Waals surface area contributed by atoms with Gasteiger partial charge in [-0.3, -0.25) is 0 Å². The van der Waals surface area contributed by atoms with Crippen LogP contribution in [0.4, 0.5) is 0 Å². The fourth-order valence-corrected chi connectivity index (χ4v) is 1.43. The number of carbonyl (C=O) groups is 1. The summed E-state index contributed by atoms with van der Waals surface area (Å²) >= 11 is 0. The Morgan fingerprint density at radius 3 is 2.80 bits per heavy atom. The molecule has 2 aromatic rings. The molecular formula is C9H9N3O3. The molecule has 0 aromatic carbocycles. The van der Waals surface area contributed by atoms with Crippen LogP contribution >= 0.6 is 0 Å². The Balaban J connectivity index is 2.85. The van der Waals surface area contributed by atoms with E-state index >= 15 is 0 Å². The first-order valence-corrected chi connectivity index (χ1v) is 4.27. The van der Waals surface area contributed by atoms with Crippen molar-refractivity contribution in [1.82, 2.24) is 14.6 Å². The summed E-state index contributed by atoms with van der Waals surface area (Å²) < 4.78 is 6.65. The largest absolute Gasteiger partial charge is 0.482 e. The number of aromatic nitrogens is 3. The van der Waals surface area contributed by atoms with Gasteiger partial charge in [-0.15, -0.1) is 10.2 Å².